The van der Waals surface area contributed by atoms with Crippen LogP contribution in [0.15, 0.2) is 24.3 Å². The summed E-state index contributed by atoms with van der Waals surface area (Å²) in [6, 6.07) is 8.11. The van der Waals surface area contributed by atoms with Gasteiger partial charge < -0.3 is 20.4 Å². The standard InChI is InChI=1S/C23H35N7O/c1-17-21-22(25-13-9-15-29(4)5)18-10-6-7-11-19(18)26-23(21)30(27-17)16-20(31)24-12-8-14-28(2)3/h6-7,10-11H,8-9,12-16H2,1-5H3,(H,24,31)(H,25,26). The summed E-state index contributed by atoms with van der Waals surface area (Å²) in [5.74, 6) is -0.0430. The van der Waals surface area contributed by atoms with Crippen LogP contribution in [0.3, 0.4) is 0 Å². The molecule has 0 fully saturated rings. The van der Waals surface area contributed by atoms with E-state index in [-0.39, 0.29) is 12.5 Å². The molecule has 0 saturated heterocycles. The lowest BCUT2D eigenvalue weighted by Crippen LogP contribution is -2.30. The molecule has 0 aliphatic heterocycles. The first-order valence-electron chi connectivity index (χ1n) is 10.9. The molecule has 2 aromatic heterocycles. The molecule has 1 aromatic carbocycles. The number of rotatable bonds is 11. The number of nitrogens with zero attached hydrogens (tertiary/aromatic N) is 5. The smallest absolute Gasteiger partial charge is 0.241 e. The molecule has 0 spiro atoms. The molecule has 0 radical (unpaired) electrons. The van der Waals surface area contributed by atoms with Crippen molar-refractivity contribution in [1.29, 1.82) is 0 Å². The number of fused-ring (bicyclic) bond motifs is 2. The Balaban J connectivity index is 1.85. The molecule has 3 rings (SSSR count). The highest BCUT2D eigenvalue weighted by atomic mass is 16.2. The zero-order chi connectivity index (χ0) is 22.4. The zero-order valence-corrected chi connectivity index (χ0v) is 19.4. The Bertz CT molecular complexity index is 1030. The Labute approximate surface area is 184 Å². The number of nitrogens with one attached hydrogen (secondary N) is 2. The molecule has 0 aliphatic carbocycles. The van der Waals surface area contributed by atoms with Crippen LogP contribution in [0.5, 0.6) is 0 Å². The minimum absolute atomic E-state index is 0.0430. The summed E-state index contributed by atoms with van der Waals surface area (Å²) in [5, 5.41) is 13.3. The third-order valence-electron chi connectivity index (χ3n) is 5.23. The van der Waals surface area contributed by atoms with Crippen molar-refractivity contribution in [3.63, 3.8) is 0 Å². The van der Waals surface area contributed by atoms with Gasteiger partial charge in [0.15, 0.2) is 5.65 Å². The number of amides is 1. The largest absolute Gasteiger partial charge is 0.384 e. The van der Waals surface area contributed by atoms with E-state index in [9.17, 15) is 4.79 Å². The van der Waals surface area contributed by atoms with E-state index in [0.717, 1.165) is 65.8 Å². The van der Waals surface area contributed by atoms with Crippen molar-refractivity contribution in [3.05, 3.63) is 30.0 Å². The number of hydrogen-bond acceptors (Lipinski definition) is 6. The summed E-state index contributed by atoms with van der Waals surface area (Å²) in [7, 11) is 8.23. The molecule has 0 atom stereocenters. The minimum atomic E-state index is -0.0430. The summed E-state index contributed by atoms with van der Waals surface area (Å²) in [6.45, 7) is 5.63. The van der Waals surface area contributed by atoms with Crippen molar-refractivity contribution >= 4 is 33.5 Å². The summed E-state index contributed by atoms with van der Waals surface area (Å²) in [4.78, 5) is 21.6. The van der Waals surface area contributed by atoms with Crippen molar-refractivity contribution in [3.8, 4) is 0 Å². The van der Waals surface area contributed by atoms with Crippen LogP contribution in [0.25, 0.3) is 21.9 Å². The van der Waals surface area contributed by atoms with E-state index >= 15 is 0 Å². The van der Waals surface area contributed by atoms with Gasteiger partial charge in [0.1, 0.15) is 6.54 Å². The van der Waals surface area contributed by atoms with Crippen LogP contribution < -0.4 is 10.6 Å². The summed E-state index contributed by atoms with van der Waals surface area (Å²) in [6.07, 6.45) is 1.95. The second kappa shape index (κ2) is 10.5. The molecule has 168 valence electrons. The normalized spacial score (nSPS) is 11.7. The topological polar surface area (TPSA) is 78.3 Å². The quantitative estimate of drug-likeness (QED) is 0.459. The molecule has 2 N–H and O–H groups in total. The minimum Gasteiger partial charge on any atom is -0.384 e. The number of anilines is 1. The van der Waals surface area contributed by atoms with Crippen molar-refractivity contribution in [1.82, 2.24) is 29.9 Å². The highest BCUT2D eigenvalue weighted by molar-refractivity contribution is 6.07. The number of benzene rings is 1. The maximum absolute atomic E-state index is 12.5. The van der Waals surface area contributed by atoms with Crippen LogP contribution in [0.4, 0.5) is 5.69 Å². The van der Waals surface area contributed by atoms with Gasteiger partial charge in [-0.05, 0) is 67.1 Å². The lowest BCUT2D eigenvalue weighted by molar-refractivity contribution is -0.121. The van der Waals surface area contributed by atoms with Gasteiger partial charge in [-0.3, -0.25) is 4.79 Å². The molecule has 2 heterocycles. The number of aryl methyl sites for hydroxylation is 1. The van der Waals surface area contributed by atoms with Gasteiger partial charge in [0, 0.05) is 18.5 Å². The van der Waals surface area contributed by atoms with Crippen LogP contribution in [0.2, 0.25) is 0 Å². The van der Waals surface area contributed by atoms with Crippen LogP contribution in [0, 0.1) is 6.92 Å². The van der Waals surface area contributed by atoms with Crippen LogP contribution in [-0.4, -0.2) is 84.8 Å². The Morgan fingerprint density at radius 2 is 1.71 bits per heavy atom. The molecule has 0 unspecified atom stereocenters. The van der Waals surface area contributed by atoms with Gasteiger partial charge in [-0.1, -0.05) is 18.2 Å². The monoisotopic (exact) mass is 425 g/mol. The molecule has 31 heavy (non-hydrogen) atoms. The zero-order valence-electron chi connectivity index (χ0n) is 19.4. The van der Waals surface area contributed by atoms with Crippen molar-refractivity contribution in [2.24, 2.45) is 0 Å². The first kappa shape index (κ1) is 23.0. The highest BCUT2D eigenvalue weighted by Crippen LogP contribution is 2.32. The van der Waals surface area contributed by atoms with Crippen LogP contribution >= 0.6 is 0 Å². The van der Waals surface area contributed by atoms with Crippen LogP contribution in [0.1, 0.15) is 18.5 Å². The van der Waals surface area contributed by atoms with Gasteiger partial charge in [0.25, 0.3) is 0 Å². The van der Waals surface area contributed by atoms with Gasteiger partial charge in [-0.25, -0.2) is 9.67 Å². The molecule has 0 aliphatic rings. The van der Waals surface area contributed by atoms with Gasteiger partial charge >= 0.3 is 0 Å². The first-order valence-corrected chi connectivity index (χ1v) is 10.9. The van der Waals surface area contributed by atoms with E-state index in [0.29, 0.717) is 6.54 Å². The summed E-state index contributed by atoms with van der Waals surface area (Å²) >= 11 is 0. The number of hydrogen-bond donors (Lipinski definition) is 2. The van der Waals surface area contributed by atoms with E-state index in [2.05, 4.69) is 45.7 Å². The Kier molecular flexibility index (Phi) is 7.81. The summed E-state index contributed by atoms with van der Waals surface area (Å²) in [5.41, 5.74) is 3.57. The maximum Gasteiger partial charge on any atom is 0.241 e. The predicted molar refractivity (Wildman–Crippen MR) is 128 cm³/mol. The molecule has 1 amide bonds. The van der Waals surface area contributed by atoms with E-state index < -0.39 is 0 Å². The molecular formula is C23H35N7O. The fraction of sp³-hybridized carbons (Fsp3) is 0.522. The molecule has 8 heteroatoms. The molecule has 8 nitrogen and oxygen atoms in total. The molecule has 3 aromatic rings. The highest BCUT2D eigenvalue weighted by Gasteiger charge is 2.18. The molecular weight excluding hydrogens is 390 g/mol. The number of para-hydroxylation sites is 1. The average Bonchev–Trinajstić information content (AvgIpc) is 3.02. The van der Waals surface area contributed by atoms with Crippen molar-refractivity contribution < 1.29 is 4.79 Å². The second-order valence-corrected chi connectivity index (χ2v) is 8.54. The first-order chi connectivity index (χ1) is 14.9. The Morgan fingerprint density at radius 3 is 2.42 bits per heavy atom. The summed E-state index contributed by atoms with van der Waals surface area (Å²) < 4.78 is 1.73. The van der Waals surface area contributed by atoms with Crippen molar-refractivity contribution in [2.45, 2.75) is 26.3 Å². The van der Waals surface area contributed by atoms with Gasteiger partial charge in [-0.2, -0.15) is 5.10 Å². The van der Waals surface area contributed by atoms with Gasteiger partial charge in [0.2, 0.25) is 5.91 Å². The third kappa shape index (κ3) is 5.92. The SMILES string of the molecule is Cc1nn(CC(=O)NCCCN(C)C)c2nc3ccccc3c(NCCCN(C)C)c12. The van der Waals surface area contributed by atoms with E-state index in [1.54, 1.807) is 4.68 Å². The van der Waals surface area contributed by atoms with E-state index in [1.807, 2.05) is 39.2 Å². The third-order valence-corrected chi connectivity index (χ3v) is 5.23. The van der Waals surface area contributed by atoms with E-state index in [4.69, 9.17) is 4.98 Å². The van der Waals surface area contributed by atoms with E-state index in [1.165, 1.54) is 0 Å². The maximum atomic E-state index is 12.5. The van der Waals surface area contributed by atoms with Gasteiger partial charge in [-0.15, -0.1) is 0 Å². The number of aromatic nitrogens is 3. The Morgan fingerprint density at radius 1 is 1.03 bits per heavy atom. The number of carbonyl (C=O) groups excluding carboxylic acids is 1. The van der Waals surface area contributed by atoms with Crippen LogP contribution in [-0.2, 0) is 11.3 Å². The molecule has 0 bridgehead atoms. The second-order valence-electron chi connectivity index (χ2n) is 8.54. The number of carbonyl (C=O) groups is 1. The molecule has 0 saturated carbocycles. The lowest BCUT2D eigenvalue weighted by Gasteiger charge is -2.14. The average molecular weight is 426 g/mol. The predicted octanol–water partition coefficient (Wildman–Crippen LogP) is 2.32. The van der Waals surface area contributed by atoms with Crippen molar-refractivity contribution in [2.75, 3.05) is 59.7 Å². The fourth-order valence-electron chi connectivity index (χ4n) is 3.72. The lowest BCUT2D eigenvalue weighted by atomic mass is 10.1. The van der Waals surface area contributed by atoms with Gasteiger partial charge in [0.05, 0.1) is 22.3 Å². The Hall–Kier alpha value is -2.71. The number of pyridine rings is 1. The fourth-order valence-corrected chi connectivity index (χ4v) is 3.72.